The van der Waals surface area contributed by atoms with Gasteiger partial charge in [-0.25, -0.2) is 0 Å². The van der Waals surface area contributed by atoms with E-state index < -0.39 is 5.54 Å². The van der Waals surface area contributed by atoms with Crippen molar-refractivity contribution in [2.45, 2.75) is 45.8 Å². The molecule has 2 N–H and O–H groups in total. The van der Waals surface area contributed by atoms with Crippen LogP contribution in [0.4, 0.5) is 0 Å². The van der Waals surface area contributed by atoms with Crippen LogP contribution in [-0.4, -0.2) is 66.7 Å². The normalized spacial score (nSPS) is 30.8. The highest BCUT2D eigenvalue weighted by molar-refractivity contribution is 5.89. The maximum Gasteiger partial charge on any atom is 0.243 e. The molecule has 1 saturated carbocycles. The minimum Gasteiger partial charge on any atom is -0.378 e. The zero-order valence-corrected chi connectivity index (χ0v) is 15.8. The molecule has 132 valence electrons. The molecule has 2 rings (SSSR count). The van der Waals surface area contributed by atoms with E-state index in [1.54, 1.807) is 0 Å². The molecule has 1 heterocycles. The second-order valence-corrected chi connectivity index (χ2v) is 6.57. The minimum absolute atomic E-state index is 0. The predicted molar refractivity (Wildman–Crippen MR) is 93.9 cm³/mol. The van der Waals surface area contributed by atoms with E-state index >= 15 is 0 Å². The van der Waals surface area contributed by atoms with Gasteiger partial charge in [0.05, 0.1) is 6.10 Å². The second kappa shape index (κ2) is 8.15. The first-order chi connectivity index (χ1) is 9.36. The van der Waals surface area contributed by atoms with Crippen LogP contribution in [-0.2, 0) is 9.53 Å². The molecular weight excluding hydrogens is 325 g/mol. The molecule has 0 aromatic carbocycles. The second-order valence-electron chi connectivity index (χ2n) is 6.57. The average molecular weight is 356 g/mol. The number of nitrogens with two attached hydrogens (primary N) is 1. The van der Waals surface area contributed by atoms with E-state index in [0.29, 0.717) is 13.0 Å². The largest absolute Gasteiger partial charge is 0.378 e. The molecule has 0 aromatic heterocycles. The first-order valence-electron chi connectivity index (χ1n) is 7.79. The number of ether oxygens (including phenoxy) is 1. The molecule has 22 heavy (non-hydrogen) atoms. The van der Waals surface area contributed by atoms with Crippen molar-refractivity contribution in [3.63, 3.8) is 0 Å². The van der Waals surface area contributed by atoms with Crippen molar-refractivity contribution in [1.82, 2.24) is 9.80 Å². The lowest BCUT2D eigenvalue weighted by Gasteiger charge is -2.59. The summed E-state index contributed by atoms with van der Waals surface area (Å²) in [4.78, 5) is 17.1. The molecule has 0 aromatic rings. The van der Waals surface area contributed by atoms with Gasteiger partial charge in [-0.3, -0.25) is 4.79 Å². The highest BCUT2D eigenvalue weighted by atomic mass is 35.5. The fourth-order valence-electron chi connectivity index (χ4n) is 3.35. The molecule has 5 nitrogen and oxygen atoms in total. The van der Waals surface area contributed by atoms with Gasteiger partial charge in [0.1, 0.15) is 5.54 Å². The Morgan fingerprint density at radius 2 is 1.73 bits per heavy atom. The fourth-order valence-corrected chi connectivity index (χ4v) is 3.35. The summed E-state index contributed by atoms with van der Waals surface area (Å²) < 4.78 is 5.70. The highest BCUT2D eigenvalue weighted by Crippen LogP contribution is 2.50. The Kier molecular flexibility index (Phi) is 8.13. The molecule has 1 aliphatic heterocycles. The van der Waals surface area contributed by atoms with Crippen LogP contribution >= 0.6 is 24.8 Å². The molecule has 2 unspecified atom stereocenters. The minimum atomic E-state index is -0.763. The summed E-state index contributed by atoms with van der Waals surface area (Å²) in [6, 6.07) is 0. The number of carbonyl (C=O) groups is 1. The number of hydrogen-bond donors (Lipinski definition) is 1. The lowest BCUT2D eigenvalue weighted by atomic mass is 9.54. The van der Waals surface area contributed by atoms with Crippen molar-refractivity contribution < 1.29 is 9.53 Å². The van der Waals surface area contributed by atoms with Gasteiger partial charge in [-0.2, -0.15) is 0 Å². The van der Waals surface area contributed by atoms with Crippen LogP contribution in [0.5, 0.6) is 0 Å². The van der Waals surface area contributed by atoms with Gasteiger partial charge in [-0.05, 0) is 13.5 Å². The maximum absolute atomic E-state index is 12.8. The third kappa shape index (κ3) is 3.54. The molecule has 0 radical (unpaired) electrons. The average Bonchev–Trinajstić information content (AvgIpc) is 2.46. The van der Waals surface area contributed by atoms with E-state index in [4.69, 9.17) is 10.5 Å². The summed E-state index contributed by atoms with van der Waals surface area (Å²) in [5.74, 6) is 0.106. The first kappa shape index (κ1) is 21.9. The van der Waals surface area contributed by atoms with E-state index in [1.165, 1.54) is 0 Å². The molecule has 1 saturated heterocycles. The molecule has 1 aliphatic carbocycles. The fraction of sp³-hybridized carbons (Fsp3) is 0.933. The van der Waals surface area contributed by atoms with Crippen LogP contribution in [0.1, 0.15) is 34.1 Å². The number of halogens is 2. The Labute approximate surface area is 146 Å². The van der Waals surface area contributed by atoms with Gasteiger partial charge in [0.15, 0.2) is 0 Å². The van der Waals surface area contributed by atoms with E-state index in [-0.39, 0.29) is 42.2 Å². The van der Waals surface area contributed by atoms with E-state index in [9.17, 15) is 4.79 Å². The zero-order chi connectivity index (χ0) is 15.0. The number of hydrogen-bond acceptors (Lipinski definition) is 4. The van der Waals surface area contributed by atoms with Gasteiger partial charge in [-0.1, -0.05) is 20.8 Å². The Morgan fingerprint density at radius 1 is 1.18 bits per heavy atom. The van der Waals surface area contributed by atoms with Crippen molar-refractivity contribution in [3.05, 3.63) is 0 Å². The predicted octanol–water partition coefficient (Wildman–Crippen LogP) is 1.53. The summed E-state index contributed by atoms with van der Waals surface area (Å²) in [6.07, 6.45) is 0.735. The number of likely N-dealkylation sites (N-methyl/N-ethyl adjacent to an activating group) is 1. The van der Waals surface area contributed by atoms with Gasteiger partial charge < -0.3 is 20.3 Å². The Hall–Kier alpha value is -0.0700. The number of amides is 1. The Morgan fingerprint density at radius 3 is 2.14 bits per heavy atom. The molecule has 2 fully saturated rings. The number of rotatable bonds is 4. The molecule has 1 amide bonds. The van der Waals surface area contributed by atoms with Gasteiger partial charge in [0.25, 0.3) is 0 Å². The highest BCUT2D eigenvalue weighted by Gasteiger charge is 2.63. The van der Waals surface area contributed by atoms with Gasteiger partial charge in [-0.15, -0.1) is 24.8 Å². The van der Waals surface area contributed by atoms with Crippen LogP contribution in [0.3, 0.4) is 0 Å². The van der Waals surface area contributed by atoms with Crippen molar-refractivity contribution in [3.8, 4) is 0 Å². The molecule has 2 atom stereocenters. The first-order valence-corrected chi connectivity index (χ1v) is 7.79. The summed E-state index contributed by atoms with van der Waals surface area (Å²) >= 11 is 0. The number of carbonyl (C=O) groups excluding carboxylic acids is 1. The van der Waals surface area contributed by atoms with Crippen LogP contribution in [0.2, 0.25) is 0 Å². The van der Waals surface area contributed by atoms with Crippen molar-refractivity contribution in [1.29, 1.82) is 0 Å². The van der Waals surface area contributed by atoms with E-state index in [2.05, 4.69) is 25.7 Å². The lowest BCUT2D eigenvalue weighted by molar-refractivity contribution is -0.180. The van der Waals surface area contributed by atoms with Crippen LogP contribution in [0.15, 0.2) is 0 Å². The molecule has 0 spiro atoms. The Balaban J connectivity index is 0.00000220. The molecule has 2 aliphatic rings. The maximum atomic E-state index is 12.8. The smallest absolute Gasteiger partial charge is 0.243 e. The van der Waals surface area contributed by atoms with Crippen LogP contribution < -0.4 is 5.73 Å². The van der Waals surface area contributed by atoms with Gasteiger partial charge in [0.2, 0.25) is 5.91 Å². The summed E-state index contributed by atoms with van der Waals surface area (Å²) in [5.41, 5.74) is 5.41. The third-order valence-corrected chi connectivity index (χ3v) is 5.32. The Bertz CT molecular complexity index is 374. The van der Waals surface area contributed by atoms with Crippen LogP contribution in [0, 0.1) is 5.41 Å². The van der Waals surface area contributed by atoms with Crippen molar-refractivity contribution in [2.75, 3.05) is 39.3 Å². The monoisotopic (exact) mass is 355 g/mol. The molecular formula is C15H31Cl2N3O2. The molecule has 0 bridgehead atoms. The number of piperazine rings is 1. The summed E-state index contributed by atoms with van der Waals surface area (Å²) in [7, 11) is 0. The summed E-state index contributed by atoms with van der Waals surface area (Å²) in [5, 5.41) is 0. The van der Waals surface area contributed by atoms with Gasteiger partial charge >= 0.3 is 0 Å². The van der Waals surface area contributed by atoms with Gasteiger partial charge in [0, 0.05) is 44.6 Å². The van der Waals surface area contributed by atoms with E-state index in [0.717, 1.165) is 32.7 Å². The SMILES string of the molecule is CCOC1CC(N)(C(=O)N2CCN(CC)CC2)C1(C)C.Cl.Cl. The standard InChI is InChI=1S/C15H29N3O2.2ClH/c1-5-17-7-9-18(10-8-17)13(19)15(16)11-12(20-6-2)14(15,3)4;;/h12H,5-11,16H2,1-4H3;2*1H. The quantitative estimate of drug-likeness (QED) is 0.830. The van der Waals surface area contributed by atoms with Crippen molar-refractivity contribution in [2.24, 2.45) is 11.1 Å². The summed E-state index contributed by atoms with van der Waals surface area (Å²) in [6.45, 7) is 13.5. The zero-order valence-electron chi connectivity index (χ0n) is 14.1. The van der Waals surface area contributed by atoms with Crippen molar-refractivity contribution >= 4 is 30.7 Å². The molecule has 7 heteroatoms. The van der Waals surface area contributed by atoms with E-state index in [1.807, 2.05) is 11.8 Å². The number of nitrogens with zero attached hydrogens (tertiary/aromatic N) is 2. The van der Waals surface area contributed by atoms with Crippen LogP contribution in [0.25, 0.3) is 0 Å². The lowest BCUT2D eigenvalue weighted by Crippen LogP contribution is -2.76. The topological polar surface area (TPSA) is 58.8 Å². The third-order valence-electron chi connectivity index (χ3n) is 5.32.